The number of esters is 2. The van der Waals surface area contributed by atoms with Crippen molar-refractivity contribution in [2.45, 2.75) is 31.3 Å². The molecule has 16 heteroatoms. The second kappa shape index (κ2) is 17.9. The van der Waals surface area contributed by atoms with Gasteiger partial charge in [0.25, 0.3) is 35.2 Å². The summed E-state index contributed by atoms with van der Waals surface area (Å²) < 4.78 is 10.2. The highest BCUT2D eigenvalue weighted by molar-refractivity contribution is 6.48. The number of anilines is 4. The number of Topliss-reactive ketones (excluding diaryl/α,β-unsaturated/α-hetero) is 2. The first-order valence-corrected chi connectivity index (χ1v) is 19.0. The highest BCUT2D eigenvalue weighted by Crippen LogP contribution is 2.42. The Labute approximate surface area is 350 Å². The normalized spacial score (nSPS) is 18.4. The summed E-state index contributed by atoms with van der Waals surface area (Å²) in [6, 6.07) is 33.1. The second-order valence-electron chi connectivity index (χ2n) is 14.1. The standard InChI is InChI=1S/C45H42N6O10/c1-44(42(58)60-3)32(34(48-28-18-9-5-10-19-28)40(56)50(44)30-22-13-7-14-23-30)36(52)38(54)46-26-17-27-47-39(55)37(53)33-35(49-29-20-11-6-12-21-29)41(57)51(31-24-15-8-16-25-31)45(33,2)43(59)61-4/h5-16,18-25,48-49H,17,26-27H2,1-4H3,(H,46,54)(H,47,55)/t44-,45-/m1/s1. The highest BCUT2D eigenvalue weighted by atomic mass is 16.5. The van der Waals surface area contributed by atoms with Crippen molar-refractivity contribution in [1.82, 2.24) is 10.6 Å². The van der Waals surface area contributed by atoms with Gasteiger partial charge in [-0.15, -0.1) is 0 Å². The number of benzene rings is 4. The fraction of sp³-hybridized carbons (Fsp3) is 0.200. The first-order chi connectivity index (χ1) is 29.3. The van der Waals surface area contributed by atoms with E-state index in [0.29, 0.717) is 11.4 Å². The molecular weight excluding hydrogens is 785 g/mol. The molecule has 4 aromatic rings. The van der Waals surface area contributed by atoms with Gasteiger partial charge in [-0.2, -0.15) is 0 Å². The first kappa shape index (κ1) is 42.7. The lowest BCUT2D eigenvalue weighted by Crippen LogP contribution is -2.55. The Hall–Kier alpha value is -7.88. The van der Waals surface area contributed by atoms with Crippen molar-refractivity contribution in [2.24, 2.45) is 0 Å². The molecule has 0 aliphatic carbocycles. The van der Waals surface area contributed by atoms with Crippen LogP contribution in [0.4, 0.5) is 22.7 Å². The van der Waals surface area contributed by atoms with Crippen LogP contribution >= 0.6 is 0 Å². The third kappa shape index (κ3) is 7.98. The van der Waals surface area contributed by atoms with E-state index in [4.69, 9.17) is 9.47 Å². The van der Waals surface area contributed by atoms with Gasteiger partial charge in [-0.1, -0.05) is 72.8 Å². The summed E-state index contributed by atoms with van der Waals surface area (Å²) >= 11 is 0. The van der Waals surface area contributed by atoms with Gasteiger partial charge in [-0.25, -0.2) is 9.59 Å². The van der Waals surface area contributed by atoms with Gasteiger partial charge in [0, 0.05) is 35.8 Å². The zero-order chi connectivity index (χ0) is 43.9. The lowest BCUT2D eigenvalue weighted by atomic mass is 9.88. The van der Waals surface area contributed by atoms with Gasteiger partial charge in [0.1, 0.15) is 11.4 Å². The van der Waals surface area contributed by atoms with Crippen molar-refractivity contribution in [3.8, 4) is 0 Å². The lowest BCUT2D eigenvalue weighted by Gasteiger charge is -2.34. The van der Waals surface area contributed by atoms with Gasteiger partial charge in [0.2, 0.25) is 0 Å². The molecule has 0 saturated carbocycles. The molecule has 0 radical (unpaired) electrons. The van der Waals surface area contributed by atoms with Crippen molar-refractivity contribution in [1.29, 1.82) is 0 Å². The van der Waals surface area contributed by atoms with Gasteiger partial charge in [0.05, 0.1) is 25.4 Å². The zero-order valence-corrected chi connectivity index (χ0v) is 33.6. The molecule has 0 saturated heterocycles. The molecule has 312 valence electrons. The van der Waals surface area contributed by atoms with Crippen LogP contribution in [0.3, 0.4) is 0 Å². The van der Waals surface area contributed by atoms with Crippen LogP contribution in [0.25, 0.3) is 0 Å². The molecule has 2 aliphatic rings. The number of hydrogen-bond donors (Lipinski definition) is 4. The van der Waals surface area contributed by atoms with Crippen molar-refractivity contribution < 1.29 is 47.8 Å². The maximum Gasteiger partial charge on any atom is 0.336 e. The summed E-state index contributed by atoms with van der Waals surface area (Å²) in [6.07, 6.45) is -0.00688. The average Bonchev–Trinajstić information content (AvgIpc) is 3.64. The third-order valence-electron chi connectivity index (χ3n) is 10.3. The number of para-hydroxylation sites is 4. The number of amides is 4. The van der Waals surface area contributed by atoms with E-state index in [1.807, 2.05) is 0 Å². The Morgan fingerprint density at radius 3 is 1.13 bits per heavy atom. The topological polar surface area (TPSA) is 210 Å². The van der Waals surface area contributed by atoms with Crippen molar-refractivity contribution in [2.75, 3.05) is 47.7 Å². The summed E-state index contributed by atoms with van der Waals surface area (Å²) in [5.41, 5.74) is -4.33. The fourth-order valence-corrected chi connectivity index (χ4v) is 7.36. The molecule has 0 aromatic heterocycles. The molecule has 2 atom stereocenters. The van der Waals surface area contributed by atoms with Crippen LogP contribution in [0.2, 0.25) is 0 Å². The van der Waals surface area contributed by atoms with Gasteiger partial charge in [-0.05, 0) is 68.8 Å². The third-order valence-corrected chi connectivity index (χ3v) is 10.3. The molecule has 4 aromatic carbocycles. The number of ether oxygens (including phenoxy) is 2. The number of carbonyl (C=O) groups is 8. The zero-order valence-electron chi connectivity index (χ0n) is 33.6. The summed E-state index contributed by atoms with van der Waals surface area (Å²) in [5, 5.41) is 10.8. The summed E-state index contributed by atoms with van der Waals surface area (Å²) in [4.78, 5) is 113. The average molecular weight is 827 g/mol. The number of hydrogen-bond acceptors (Lipinski definition) is 12. The molecule has 0 bridgehead atoms. The number of nitrogens with one attached hydrogen (secondary N) is 4. The Bertz CT molecular complexity index is 2290. The molecule has 4 N–H and O–H groups in total. The largest absolute Gasteiger partial charge is 0.467 e. The molecule has 6 rings (SSSR count). The van der Waals surface area contributed by atoms with E-state index in [9.17, 15) is 38.4 Å². The molecule has 2 aliphatic heterocycles. The number of rotatable bonds is 16. The molecule has 16 nitrogen and oxygen atoms in total. The van der Waals surface area contributed by atoms with Gasteiger partial charge in [-0.3, -0.25) is 38.6 Å². The Balaban J connectivity index is 1.20. The number of ketones is 2. The van der Waals surface area contributed by atoms with Crippen LogP contribution in [0.5, 0.6) is 0 Å². The Morgan fingerprint density at radius 1 is 0.508 bits per heavy atom. The predicted molar refractivity (Wildman–Crippen MR) is 224 cm³/mol. The summed E-state index contributed by atoms with van der Waals surface area (Å²) in [7, 11) is 2.20. The quantitative estimate of drug-likeness (QED) is 0.0728. The van der Waals surface area contributed by atoms with Crippen LogP contribution in [-0.4, -0.2) is 85.5 Å². The molecule has 0 unspecified atom stereocenters. The maximum atomic E-state index is 14.1. The number of methoxy groups -OCH3 is 2. The lowest BCUT2D eigenvalue weighted by molar-refractivity contribution is -0.147. The summed E-state index contributed by atoms with van der Waals surface area (Å²) in [6.45, 7) is 2.22. The van der Waals surface area contributed by atoms with E-state index < -0.39 is 69.4 Å². The molecule has 2 heterocycles. The highest BCUT2D eigenvalue weighted by Gasteiger charge is 2.60. The first-order valence-electron chi connectivity index (χ1n) is 19.0. The molecule has 0 fully saturated rings. The van der Waals surface area contributed by atoms with Gasteiger partial charge < -0.3 is 30.7 Å². The van der Waals surface area contributed by atoms with E-state index in [-0.39, 0.29) is 42.3 Å². The Kier molecular flexibility index (Phi) is 12.6. The van der Waals surface area contributed by atoms with Crippen molar-refractivity contribution in [3.63, 3.8) is 0 Å². The van der Waals surface area contributed by atoms with Crippen LogP contribution in [0, 0.1) is 0 Å². The fourth-order valence-electron chi connectivity index (χ4n) is 7.36. The van der Waals surface area contributed by atoms with Crippen molar-refractivity contribution in [3.05, 3.63) is 144 Å². The number of carbonyl (C=O) groups excluding carboxylic acids is 8. The van der Waals surface area contributed by atoms with E-state index in [0.717, 1.165) is 24.0 Å². The van der Waals surface area contributed by atoms with Crippen LogP contribution in [-0.2, 0) is 47.8 Å². The molecule has 61 heavy (non-hydrogen) atoms. The van der Waals surface area contributed by atoms with Crippen LogP contribution in [0.15, 0.2) is 144 Å². The molecule has 0 spiro atoms. The van der Waals surface area contributed by atoms with Crippen LogP contribution < -0.4 is 31.1 Å². The minimum atomic E-state index is -2.08. The minimum absolute atomic E-state index is 0.00688. The van der Waals surface area contributed by atoms with Crippen LogP contribution in [0.1, 0.15) is 20.3 Å². The van der Waals surface area contributed by atoms with E-state index >= 15 is 0 Å². The Morgan fingerprint density at radius 2 is 0.820 bits per heavy atom. The molecule has 4 amide bonds. The van der Waals surface area contributed by atoms with Gasteiger partial charge in [0.15, 0.2) is 11.1 Å². The minimum Gasteiger partial charge on any atom is -0.467 e. The second-order valence-corrected chi connectivity index (χ2v) is 14.1. The summed E-state index contributed by atoms with van der Waals surface area (Å²) in [5.74, 6) is -8.19. The molecular formula is C45H42N6O10. The number of nitrogens with zero attached hydrogens (tertiary/aromatic N) is 2. The van der Waals surface area contributed by atoms with Gasteiger partial charge >= 0.3 is 11.9 Å². The predicted octanol–water partition coefficient (Wildman–Crippen LogP) is 3.44. The van der Waals surface area contributed by atoms with Crippen molar-refractivity contribution >= 4 is 69.9 Å². The van der Waals surface area contributed by atoms with E-state index in [2.05, 4.69) is 21.3 Å². The maximum absolute atomic E-state index is 14.1. The van der Waals surface area contributed by atoms with E-state index in [1.54, 1.807) is 121 Å². The van der Waals surface area contributed by atoms with E-state index in [1.165, 1.54) is 13.8 Å². The SMILES string of the molecule is COC(=O)[C@@]1(C)C(C(=O)C(=O)NCCCNC(=O)C(=O)C2=C(Nc3ccccc3)C(=O)N(c3ccccc3)[C@@]2(C)C(=O)OC)=C(Nc2ccccc2)C(=O)N1c1ccccc1. The smallest absolute Gasteiger partial charge is 0.336 e. The monoisotopic (exact) mass is 826 g/mol.